The van der Waals surface area contributed by atoms with Gasteiger partial charge in [0.2, 0.25) is 0 Å². The fourth-order valence-electron chi connectivity index (χ4n) is 5.38. The van der Waals surface area contributed by atoms with Crippen LogP contribution in [0.5, 0.6) is 5.75 Å². The summed E-state index contributed by atoms with van der Waals surface area (Å²) in [6, 6.07) is 12.1. The van der Waals surface area contributed by atoms with Crippen LogP contribution in [0.1, 0.15) is 49.8 Å². The second kappa shape index (κ2) is 12.6. The van der Waals surface area contributed by atoms with Gasteiger partial charge in [0.1, 0.15) is 5.75 Å². The molecule has 0 radical (unpaired) electrons. The summed E-state index contributed by atoms with van der Waals surface area (Å²) in [5, 5.41) is 18.8. The Morgan fingerprint density at radius 2 is 2.03 bits per heavy atom. The minimum absolute atomic E-state index is 0.218. The number of rotatable bonds is 12. The van der Waals surface area contributed by atoms with Gasteiger partial charge in [0.05, 0.1) is 18.3 Å². The normalized spacial score (nSPS) is 18.5. The van der Waals surface area contributed by atoms with Gasteiger partial charge in [-0.2, -0.15) is 10.2 Å². The van der Waals surface area contributed by atoms with Crippen LogP contribution in [0.3, 0.4) is 0 Å². The third-order valence-electron chi connectivity index (χ3n) is 7.26. The van der Waals surface area contributed by atoms with Crippen LogP contribution in [0, 0.1) is 11.8 Å². The predicted octanol–water partition coefficient (Wildman–Crippen LogP) is 4.79. The molecule has 7 nitrogen and oxygen atoms in total. The summed E-state index contributed by atoms with van der Waals surface area (Å²) in [7, 11) is 1.68. The summed E-state index contributed by atoms with van der Waals surface area (Å²) in [6.45, 7) is 2.97. The van der Waals surface area contributed by atoms with Crippen molar-refractivity contribution in [2.75, 3.05) is 26.7 Å². The first-order chi connectivity index (χ1) is 17.1. The van der Waals surface area contributed by atoms with E-state index in [4.69, 9.17) is 4.74 Å². The molecule has 1 saturated heterocycles. The largest absolute Gasteiger partial charge is 0.497 e. The topological polar surface area (TPSA) is 88.4 Å². The summed E-state index contributed by atoms with van der Waals surface area (Å²) < 4.78 is 5.40. The number of carboxylic acid groups (broad SMARTS) is 1. The Balaban J connectivity index is 1.27. The van der Waals surface area contributed by atoms with Crippen LogP contribution >= 0.6 is 0 Å². The number of aryl methyl sites for hydroxylation is 2. The molecular weight excluding hydrogens is 440 g/mol. The van der Waals surface area contributed by atoms with Gasteiger partial charge in [0, 0.05) is 30.7 Å². The van der Waals surface area contributed by atoms with E-state index >= 15 is 0 Å². The summed E-state index contributed by atoms with van der Waals surface area (Å²) in [5.74, 6) is 0.842. The lowest BCUT2D eigenvalue weighted by Gasteiger charge is -2.38. The molecule has 1 aromatic carbocycles. The molecule has 186 valence electrons. The van der Waals surface area contributed by atoms with Crippen molar-refractivity contribution in [2.24, 2.45) is 11.8 Å². The van der Waals surface area contributed by atoms with Crippen LogP contribution in [0.15, 0.2) is 48.8 Å². The van der Waals surface area contributed by atoms with Crippen molar-refractivity contribution in [3.63, 3.8) is 0 Å². The van der Waals surface area contributed by atoms with E-state index in [9.17, 15) is 9.90 Å². The maximum atomic E-state index is 11.6. The van der Waals surface area contributed by atoms with Gasteiger partial charge >= 0.3 is 5.97 Å². The van der Waals surface area contributed by atoms with Crippen LogP contribution < -0.4 is 4.74 Å². The number of nitrogens with zero attached hydrogens (tertiary/aromatic N) is 4. The SMILES string of the molecule is COc1ccc2nccc(CCC[C@@H]3CCN(CCCCc4cccnn4)C[C@@H]3CC(=O)O)c2c1. The molecule has 1 fully saturated rings. The van der Waals surface area contributed by atoms with Crippen molar-refractivity contribution in [1.82, 2.24) is 20.1 Å². The Morgan fingerprint density at radius 1 is 1.11 bits per heavy atom. The van der Waals surface area contributed by atoms with Gasteiger partial charge in [-0.1, -0.05) is 0 Å². The van der Waals surface area contributed by atoms with E-state index in [1.807, 2.05) is 30.5 Å². The highest BCUT2D eigenvalue weighted by atomic mass is 16.5. The van der Waals surface area contributed by atoms with Crippen molar-refractivity contribution in [3.8, 4) is 5.75 Å². The maximum Gasteiger partial charge on any atom is 0.303 e. The zero-order chi connectivity index (χ0) is 24.5. The Labute approximate surface area is 207 Å². The molecule has 4 rings (SSSR count). The van der Waals surface area contributed by atoms with Crippen LogP contribution in [-0.2, 0) is 17.6 Å². The number of hydrogen-bond acceptors (Lipinski definition) is 6. The molecule has 0 amide bonds. The van der Waals surface area contributed by atoms with E-state index in [0.717, 1.165) is 86.9 Å². The van der Waals surface area contributed by atoms with E-state index in [1.165, 1.54) is 5.56 Å². The number of piperidine rings is 1. The molecule has 3 heterocycles. The lowest BCUT2D eigenvalue weighted by molar-refractivity contribution is -0.139. The molecule has 0 unspecified atom stereocenters. The Hall–Kier alpha value is -3.06. The van der Waals surface area contributed by atoms with Crippen molar-refractivity contribution in [1.29, 1.82) is 0 Å². The molecular formula is C28H36N4O3. The van der Waals surface area contributed by atoms with Gasteiger partial charge in [-0.05, 0) is 112 Å². The van der Waals surface area contributed by atoms with E-state index in [0.29, 0.717) is 5.92 Å². The zero-order valence-corrected chi connectivity index (χ0v) is 20.6. The third-order valence-corrected chi connectivity index (χ3v) is 7.26. The smallest absolute Gasteiger partial charge is 0.303 e. The number of fused-ring (bicyclic) bond motifs is 1. The monoisotopic (exact) mass is 476 g/mol. The van der Waals surface area contributed by atoms with Crippen molar-refractivity contribution in [3.05, 3.63) is 60.0 Å². The standard InChI is InChI=1S/C28H36N4O3/c1-35-25-10-11-27-26(19-25)22(12-15-29-27)7-4-6-21-13-17-32(20-23(21)18-28(33)34)16-3-2-8-24-9-5-14-30-31-24/h5,9-12,14-15,19,21,23H,2-4,6-8,13,16-18,20H2,1H3,(H,33,34)/t21-,23+/m1/s1. The molecule has 7 heteroatoms. The second-order valence-corrected chi connectivity index (χ2v) is 9.62. The number of carbonyl (C=O) groups is 1. The van der Waals surface area contributed by atoms with Crippen LogP contribution in [0.4, 0.5) is 0 Å². The van der Waals surface area contributed by atoms with Crippen LogP contribution in [-0.4, -0.2) is 57.9 Å². The first-order valence-electron chi connectivity index (χ1n) is 12.7. The summed E-state index contributed by atoms with van der Waals surface area (Å²) >= 11 is 0. The number of hydrogen-bond donors (Lipinski definition) is 1. The second-order valence-electron chi connectivity index (χ2n) is 9.62. The zero-order valence-electron chi connectivity index (χ0n) is 20.6. The number of benzene rings is 1. The highest BCUT2D eigenvalue weighted by Gasteiger charge is 2.30. The van der Waals surface area contributed by atoms with Crippen molar-refractivity contribution < 1.29 is 14.6 Å². The van der Waals surface area contributed by atoms with E-state index < -0.39 is 5.97 Å². The molecule has 1 aliphatic rings. The minimum atomic E-state index is -0.684. The number of likely N-dealkylation sites (tertiary alicyclic amines) is 1. The number of pyridine rings is 1. The minimum Gasteiger partial charge on any atom is -0.497 e. The van der Waals surface area contributed by atoms with Gasteiger partial charge in [0.25, 0.3) is 0 Å². The highest BCUT2D eigenvalue weighted by Crippen LogP contribution is 2.32. The molecule has 0 saturated carbocycles. The van der Waals surface area contributed by atoms with Crippen molar-refractivity contribution in [2.45, 2.75) is 51.4 Å². The molecule has 1 aliphatic heterocycles. The Bertz CT molecular complexity index is 1090. The number of methoxy groups -OCH3 is 1. The average Bonchev–Trinajstić information content (AvgIpc) is 2.88. The van der Waals surface area contributed by atoms with Gasteiger partial charge in [0.15, 0.2) is 0 Å². The number of ether oxygens (including phenoxy) is 1. The first-order valence-corrected chi connectivity index (χ1v) is 12.7. The Morgan fingerprint density at radius 3 is 2.83 bits per heavy atom. The molecule has 0 bridgehead atoms. The van der Waals surface area contributed by atoms with E-state index in [2.05, 4.69) is 32.2 Å². The molecule has 1 N–H and O–H groups in total. The highest BCUT2D eigenvalue weighted by molar-refractivity contribution is 5.83. The Kier molecular flexibility index (Phi) is 9.01. The first kappa shape index (κ1) is 25.0. The molecule has 0 spiro atoms. The number of aromatic nitrogens is 3. The lowest BCUT2D eigenvalue weighted by atomic mass is 9.79. The van der Waals surface area contributed by atoms with E-state index in [-0.39, 0.29) is 12.3 Å². The quantitative estimate of drug-likeness (QED) is 0.376. The fourth-order valence-corrected chi connectivity index (χ4v) is 5.38. The van der Waals surface area contributed by atoms with Crippen molar-refractivity contribution >= 4 is 16.9 Å². The third kappa shape index (κ3) is 7.21. The molecule has 0 aliphatic carbocycles. The number of aliphatic carboxylic acids is 1. The molecule has 2 aromatic heterocycles. The maximum absolute atomic E-state index is 11.6. The van der Waals surface area contributed by atoms with Crippen LogP contribution in [0.25, 0.3) is 10.9 Å². The van der Waals surface area contributed by atoms with Gasteiger partial charge in [-0.3, -0.25) is 9.78 Å². The predicted molar refractivity (Wildman–Crippen MR) is 136 cm³/mol. The molecule has 2 atom stereocenters. The molecule has 35 heavy (non-hydrogen) atoms. The number of unbranched alkanes of at least 4 members (excludes halogenated alkanes) is 1. The van der Waals surface area contributed by atoms with E-state index in [1.54, 1.807) is 13.3 Å². The summed E-state index contributed by atoms with van der Waals surface area (Å²) in [6.07, 6.45) is 11.1. The lowest BCUT2D eigenvalue weighted by Crippen LogP contribution is -2.41. The number of carboxylic acids is 1. The summed E-state index contributed by atoms with van der Waals surface area (Å²) in [4.78, 5) is 18.5. The van der Waals surface area contributed by atoms with Gasteiger partial charge < -0.3 is 14.7 Å². The fraction of sp³-hybridized carbons (Fsp3) is 0.500. The average molecular weight is 477 g/mol. The summed E-state index contributed by atoms with van der Waals surface area (Å²) in [5.41, 5.74) is 3.30. The van der Waals surface area contributed by atoms with Gasteiger partial charge in [-0.25, -0.2) is 0 Å². The molecule has 3 aromatic rings. The van der Waals surface area contributed by atoms with Gasteiger partial charge in [-0.15, -0.1) is 0 Å². The van der Waals surface area contributed by atoms with Crippen LogP contribution in [0.2, 0.25) is 0 Å².